The molecule has 2 heterocycles. The van der Waals surface area contributed by atoms with Gasteiger partial charge in [-0.2, -0.15) is 0 Å². The van der Waals surface area contributed by atoms with Gasteiger partial charge in [0.05, 0.1) is 11.3 Å². The van der Waals surface area contributed by atoms with E-state index in [1.54, 1.807) is 13.0 Å². The second kappa shape index (κ2) is 9.00. The summed E-state index contributed by atoms with van der Waals surface area (Å²) >= 11 is 0. The number of fused-ring (bicyclic) bond motifs is 1. The molecule has 0 unspecified atom stereocenters. The first-order valence-corrected chi connectivity index (χ1v) is 11.2. The maximum absolute atomic E-state index is 14.1. The topological polar surface area (TPSA) is 55.8 Å². The normalized spacial score (nSPS) is 18.8. The molecule has 0 bridgehead atoms. The van der Waals surface area contributed by atoms with Crippen molar-refractivity contribution in [2.24, 2.45) is 0 Å². The van der Waals surface area contributed by atoms with Gasteiger partial charge in [-0.05, 0) is 51.2 Å². The van der Waals surface area contributed by atoms with E-state index in [4.69, 9.17) is 0 Å². The van der Waals surface area contributed by atoms with Crippen molar-refractivity contribution < 1.29 is 23.1 Å². The maximum Gasteiger partial charge on any atom is 0.254 e. The number of likely N-dealkylation sites (N-methyl/N-ethyl adjacent to an activating group) is 1. The summed E-state index contributed by atoms with van der Waals surface area (Å²) in [4.78, 5) is 17.4. The lowest BCUT2D eigenvalue weighted by molar-refractivity contribution is -0.117. The number of aliphatic hydroxyl groups excluding tert-OH is 1. The molecular weight excluding hydrogens is 431 g/mol. The first-order chi connectivity index (χ1) is 15.8. The Hall–Kier alpha value is -3.16. The van der Waals surface area contributed by atoms with Crippen LogP contribution in [-0.2, 0) is 11.3 Å². The molecule has 3 aliphatic rings. The van der Waals surface area contributed by atoms with E-state index in [1.165, 1.54) is 5.57 Å². The molecule has 1 saturated heterocycles. The lowest BCUT2D eigenvalue weighted by Gasteiger charge is -2.36. The molecule has 33 heavy (non-hydrogen) atoms. The van der Waals surface area contributed by atoms with Crippen molar-refractivity contribution in [3.8, 4) is 0 Å². The van der Waals surface area contributed by atoms with Crippen LogP contribution in [0.25, 0.3) is 0 Å². The number of rotatable bonds is 6. The third-order valence-corrected chi connectivity index (χ3v) is 6.41. The molecule has 5 nitrogen and oxygen atoms in total. The first-order valence-electron chi connectivity index (χ1n) is 11.2. The molecule has 0 spiro atoms. The smallest absolute Gasteiger partial charge is 0.254 e. The zero-order valence-electron chi connectivity index (χ0n) is 19.1. The number of carbonyl (C=O) groups is 1. The van der Waals surface area contributed by atoms with Crippen LogP contribution in [0.5, 0.6) is 0 Å². The van der Waals surface area contributed by atoms with Crippen molar-refractivity contribution in [3.63, 3.8) is 0 Å². The molecule has 4 rings (SSSR count). The van der Waals surface area contributed by atoms with E-state index in [0.29, 0.717) is 24.1 Å². The molecule has 2 fully saturated rings. The van der Waals surface area contributed by atoms with Gasteiger partial charge in [0.25, 0.3) is 5.91 Å². The Bertz CT molecular complexity index is 1130. The highest BCUT2D eigenvalue weighted by molar-refractivity contribution is 6.00. The summed E-state index contributed by atoms with van der Waals surface area (Å²) in [5.74, 6) is -4.62. The summed E-state index contributed by atoms with van der Waals surface area (Å²) < 4.78 is 40.8. The molecule has 1 aromatic carbocycles. The molecule has 8 heteroatoms. The fourth-order valence-corrected chi connectivity index (χ4v) is 4.53. The highest BCUT2D eigenvalue weighted by atomic mass is 19.2. The van der Waals surface area contributed by atoms with Gasteiger partial charge in [-0.25, -0.2) is 13.2 Å². The van der Waals surface area contributed by atoms with E-state index in [0.717, 1.165) is 55.0 Å². The molecule has 0 radical (unpaired) electrons. The molecule has 2 aliphatic heterocycles. The van der Waals surface area contributed by atoms with Crippen molar-refractivity contribution >= 4 is 5.91 Å². The van der Waals surface area contributed by atoms with Gasteiger partial charge in [0.2, 0.25) is 0 Å². The van der Waals surface area contributed by atoms with Gasteiger partial charge in [0, 0.05) is 43.5 Å². The quantitative estimate of drug-likeness (QED) is 0.600. The molecule has 1 aliphatic carbocycles. The van der Waals surface area contributed by atoms with Crippen LogP contribution in [0.2, 0.25) is 0 Å². The molecule has 2 N–H and O–H groups in total. The Kier molecular flexibility index (Phi) is 6.28. The number of benzene rings is 1. The number of allylic oxidation sites excluding steroid dienone is 4. The van der Waals surface area contributed by atoms with Crippen LogP contribution < -0.4 is 5.32 Å². The van der Waals surface area contributed by atoms with Gasteiger partial charge < -0.3 is 20.2 Å². The lowest BCUT2D eigenvalue weighted by atomic mass is 9.93. The summed E-state index contributed by atoms with van der Waals surface area (Å²) in [6.45, 7) is 4.96. The van der Waals surface area contributed by atoms with Crippen LogP contribution in [0.1, 0.15) is 45.1 Å². The SMILES string of the molecule is C/C=C1/C(O)=C(C(=C2CC2)N(C)CC)N2CCCC2=C1C(=O)NCc1ccc(F)c(F)c1F. The largest absolute Gasteiger partial charge is 0.505 e. The number of nitrogens with zero attached hydrogens (tertiary/aromatic N) is 2. The number of amides is 1. The predicted octanol–water partition coefficient (Wildman–Crippen LogP) is 4.80. The minimum absolute atomic E-state index is 0.0435. The summed E-state index contributed by atoms with van der Waals surface area (Å²) in [5, 5.41) is 13.9. The zero-order chi connectivity index (χ0) is 23.9. The van der Waals surface area contributed by atoms with E-state index >= 15 is 0 Å². The van der Waals surface area contributed by atoms with E-state index in [-0.39, 0.29) is 17.9 Å². The van der Waals surface area contributed by atoms with Gasteiger partial charge in [-0.1, -0.05) is 12.1 Å². The molecule has 0 aromatic heterocycles. The predicted molar refractivity (Wildman–Crippen MR) is 119 cm³/mol. The Morgan fingerprint density at radius 3 is 2.58 bits per heavy atom. The second-order valence-electron chi connectivity index (χ2n) is 8.46. The van der Waals surface area contributed by atoms with Gasteiger partial charge in [-0.3, -0.25) is 4.79 Å². The summed E-state index contributed by atoms with van der Waals surface area (Å²) in [6, 6.07) is 1.94. The summed E-state index contributed by atoms with van der Waals surface area (Å²) in [7, 11) is 1.99. The molecule has 1 aromatic rings. The van der Waals surface area contributed by atoms with Crippen LogP contribution in [0.4, 0.5) is 13.2 Å². The number of hydrogen-bond acceptors (Lipinski definition) is 4. The summed E-state index contributed by atoms with van der Waals surface area (Å²) in [5.41, 5.74) is 4.43. The Morgan fingerprint density at radius 1 is 1.21 bits per heavy atom. The van der Waals surface area contributed by atoms with Crippen LogP contribution in [0, 0.1) is 17.5 Å². The van der Waals surface area contributed by atoms with Crippen molar-refractivity contribution in [1.29, 1.82) is 0 Å². The van der Waals surface area contributed by atoms with E-state index in [1.807, 2.05) is 11.9 Å². The molecule has 0 atom stereocenters. The van der Waals surface area contributed by atoms with Gasteiger partial charge in [0.1, 0.15) is 11.5 Å². The minimum Gasteiger partial charge on any atom is -0.505 e. The number of halogens is 3. The number of carbonyl (C=O) groups excluding carboxylic acids is 1. The van der Waals surface area contributed by atoms with Crippen molar-refractivity contribution in [2.45, 2.75) is 46.1 Å². The van der Waals surface area contributed by atoms with Gasteiger partial charge in [-0.15, -0.1) is 0 Å². The molecule has 1 saturated carbocycles. The minimum atomic E-state index is -1.57. The van der Waals surface area contributed by atoms with Crippen molar-refractivity contribution in [3.05, 3.63) is 80.8 Å². The van der Waals surface area contributed by atoms with Crippen molar-refractivity contribution in [2.75, 3.05) is 20.1 Å². The highest BCUT2D eigenvalue weighted by Gasteiger charge is 2.40. The Morgan fingerprint density at radius 2 is 1.94 bits per heavy atom. The standard InChI is InChI=1S/C25H28F3N3O2/c1-4-16-19(25(33)29-13-15-10-11-17(26)21(28)20(15)27)18-7-6-12-31(18)23(24(16)32)22(14-8-9-14)30(3)5-2/h4,10-11,32H,5-9,12-13H2,1-3H3,(H,29,33)/b16-4+. The number of aliphatic hydroxyl groups is 1. The fourth-order valence-electron chi connectivity index (χ4n) is 4.53. The average Bonchev–Trinajstić information content (AvgIpc) is 3.53. The number of hydrogen-bond donors (Lipinski definition) is 2. The average molecular weight is 460 g/mol. The Balaban J connectivity index is 1.68. The molecule has 176 valence electrons. The van der Waals surface area contributed by atoms with E-state index in [2.05, 4.69) is 17.1 Å². The monoisotopic (exact) mass is 459 g/mol. The van der Waals surface area contributed by atoms with Crippen LogP contribution >= 0.6 is 0 Å². The summed E-state index contributed by atoms with van der Waals surface area (Å²) in [6.07, 6.45) is 5.17. The maximum atomic E-state index is 14.1. The van der Waals surface area contributed by atoms with Gasteiger partial charge >= 0.3 is 0 Å². The third-order valence-electron chi connectivity index (χ3n) is 6.41. The lowest BCUT2D eigenvalue weighted by Crippen LogP contribution is -2.36. The Labute approximate surface area is 191 Å². The van der Waals surface area contributed by atoms with E-state index < -0.39 is 23.4 Å². The van der Waals surface area contributed by atoms with E-state index in [9.17, 15) is 23.1 Å². The molecule has 1 amide bonds. The fraction of sp³-hybridized carbons (Fsp3) is 0.400. The highest BCUT2D eigenvalue weighted by Crippen LogP contribution is 2.46. The first kappa shape index (κ1) is 23.0. The van der Waals surface area contributed by atoms with Crippen molar-refractivity contribution in [1.82, 2.24) is 15.1 Å². The number of nitrogens with one attached hydrogen (secondary N) is 1. The second-order valence-corrected chi connectivity index (χ2v) is 8.46. The van der Waals surface area contributed by atoms with Crippen LogP contribution in [0.3, 0.4) is 0 Å². The van der Waals surface area contributed by atoms with Crippen LogP contribution in [-0.4, -0.2) is 41.0 Å². The molecular formula is C25H28F3N3O2. The van der Waals surface area contributed by atoms with Gasteiger partial charge in [0.15, 0.2) is 17.5 Å². The third kappa shape index (κ3) is 4.03. The van der Waals surface area contributed by atoms with Crippen LogP contribution in [0.15, 0.2) is 57.8 Å². The zero-order valence-corrected chi connectivity index (χ0v) is 19.1.